The minimum atomic E-state index is -0.365. The van der Waals surface area contributed by atoms with Crippen LogP contribution in [-0.4, -0.2) is 17.5 Å². The largest absolute Gasteiger partial charge is 0.374 e. The second kappa shape index (κ2) is 6.04. The van der Waals surface area contributed by atoms with Gasteiger partial charge in [0, 0.05) is 11.2 Å². The van der Waals surface area contributed by atoms with Crippen molar-refractivity contribution >= 4 is 11.6 Å². The summed E-state index contributed by atoms with van der Waals surface area (Å²) < 4.78 is 13.2. The van der Waals surface area contributed by atoms with Gasteiger partial charge in [-0.3, -0.25) is 4.79 Å². The highest BCUT2D eigenvalue weighted by atomic mass is 19.1. The summed E-state index contributed by atoms with van der Waals surface area (Å²) in [5.74, 6) is -0.302. The van der Waals surface area contributed by atoms with Crippen LogP contribution in [0.3, 0.4) is 0 Å². The fourth-order valence-electron chi connectivity index (χ4n) is 1.58. The molecule has 1 aromatic rings. The molecule has 0 spiro atoms. The number of carbonyl (C=O) groups excluding carboxylic acids is 1. The molecular formula is C15H23FN2O. The third kappa shape index (κ3) is 4.54. The minimum absolute atomic E-state index is 0.0613. The van der Waals surface area contributed by atoms with E-state index in [2.05, 4.69) is 10.6 Å². The van der Waals surface area contributed by atoms with Gasteiger partial charge in [0.25, 0.3) is 0 Å². The molecule has 0 fully saturated rings. The number of anilines is 1. The Morgan fingerprint density at radius 2 is 2.05 bits per heavy atom. The Kier molecular flexibility index (Phi) is 4.92. The average Bonchev–Trinajstić information content (AvgIpc) is 2.33. The summed E-state index contributed by atoms with van der Waals surface area (Å²) in [5.41, 5.74) is 1.09. The fraction of sp³-hybridized carbons (Fsp3) is 0.533. The molecule has 0 aliphatic carbocycles. The van der Waals surface area contributed by atoms with Crippen LogP contribution in [0.1, 0.15) is 39.7 Å². The van der Waals surface area contributed by atoms with Crippen LogP contribution >= 0.6 is 0 Å². The summed E-state index contributed by atoms with van der Waals surface area (Å²) >= 11 is 0. The molecule has 1 amide bonds. The molecule has 0 radical (unpaired) electrons. The standard InChI is InChI=1S/C15H23FN2O/c1-6-15(4,5)18-14(19)11(3)17-12-7-8-13(16)10(2)9-12/h7-9,11,17H,6H2,1-5H3,(H,18,19). The lowest BCUT2D eigenvalue weighted by Crippen LogP contribution is -2.48. The lowest BCUT2D eigenvalue weighted by Gasteiger charge is -2.27. The number of amides is 1. The first-order valence-electron chi connectivity index (χ1n) is 6.60. The van der Waals surface area contributed by atoms with Crippen LogP contribution in [0.2, 0.25) is 0 Å². The van der Waals surface area contributed by atoms with Gasteiger partial charge >= 0.3 is 0 Å². The van der Waals surface area contributed by atoms with Gasteiger partial charge in [0.05, 0.1) is 0 Å². The first kappa shape index (κ1) is 15.5. The van der Waals surface area contributed by atoms with Crippen molar-refractivity contribution in [2.45, 2.75) is 52.6 Å². The zero-order chi connectivity index (χ0) is 14.6. The summed E-state index contributed by atoms with van der Waals surface area (Å²) in [4.78, 5) is 12.0. The molecule has 0 heterocycles. The Balaban J connectivity index is 2.66. The second-order valence-corrected chi connectivity index (χ2v) is 5.56. The van der Waals surface area contributed by atoms with Gasteiger partial charge in [0.1, 0.15) is 11.9 Å². The van der Waals surface area contributed by atoms with Crippen LogP contribution < -0.4 is 10.6 Å². The first-order valence-corrected chi connectivity index (χ1v) is 6.60. The second-order valence-electron chi connectivity index (χ2n) is 5.56. The van der Waals surface area contributed by atoms with Gasteiger partial charge in [-0.2, -0.15) is 0 Å². The number of hydrogen-bond donors (Lipinski definition) is 2. The molecule has 0 aromatic heterocycles. The summed E-state index contributed by atoms with van der Waals surface area (Å²) in [6.45, 7) is 9.49. The molecule has 1 unspecified atom stereocenters. The number of benzene rings is 1. The molecule has 4 heteroatoms. The molecule has 1 aromatic carbocycles. The molecule has 1 rings (SSSR count). The molecule has 19 heavy (non-hydrogen) atoms. The van der Waals surface area contributed by atoms with Crippen LogP contribution in [0.4, 0.5) is 10.1 Å². The van der Waals surface area contributed by atoms with Crippen molar-refractivity contribution in [1.82, 2.24) is 5.32 Å². The molecule has 0 saturated heterocycles. The fourth-order valence-corrected chi connectivity index (χ4v) is 1.58. The van der Waals surface area contributed by atoms with Crippen molar-refractivity contribution < 1.29 is 9.18 Å². The van der Waals surface area contributed by atoms with Crippen molar-refractivity contribution in [1.29, 1.82) is 0 Å². The van der Waals surface area contributed by atoms with Gasteiger partial charge in [0.2, 0.25) is 5.91 Å². The molecule has 3 nitrogen and oxygen atoms in total. The van der Waals surface area contributed by atoms with Crippen LogP contribution in [0.15, 0.2) is 18.2 Å². The van der Waals surface area contributed by atoms with E-state index in [9.17, 15) is 9.18 Å². The van der Waals surface area contributed by atoms with Gasteiger partial charge in [-0.1, -0.05) is 6.92 Å². The van der Waals surface area contributed by atoms with Crippen molar-refractivity contribution in [2.75, 3.05) is 5.32 Å². The maximum atomic E-state index is 13.2. The van der Waals surface area contributed by atoms with Crippen LogP contribution in [-0.2, 0) is 4.79 Å². The molecular weight excluding hydrogens is 243 g/mol. The topological polar surface area (TPSA) is 41.1 Å². The monoisotopic (exact) mass is 266 g/mol. The van der Waals surface area contributed by atoms with E-state index < -0.39 is 0 Å². The zero-order valence-corrected chi connectivity index (χ0v) is 12.3. The molecule has 0 bridgehead atoms. The lowest BCUT2D eigenvalue weighted by molar-refractivity contribution is -0.123. The maximum absolute atomic E-state index is 13.2. The van der Waals surface area contributed by atoms with Crippen LogP contribution in [0, 0.1) is 12.7 Å². The smallest absolute Gasteiger partial charge is 0.242 e. The molecule has 2 N–H and O–H groups in total. The van der Waals surface area contributed by atoms with E-state index in [1.807, 2.05) is 20.8 Å². The quantitative estimate of drug-likeness (QED) is 0.859. The van der Waals surface area contributed by atoms with E-state index in [4.69, 9.17) is 0 Å². The van der Waals surface area contributed by atoms with Gasteiger partial charge in [0.15, 0.2) is 0 Å². The van der Waals surface area contributed by atoms with Crippen LogP contribution in [0.5, 0.6) is 0 Å². The van der Waals surface area contributed by atoms with Gasteiger partial charge in [-0.15, -0.1) is 0 Å². The lowest BCUT2D eigenvalue weighted by atomic mass is 10.0. The van der Waals surface area contributed by atoms with Gasteiger partial charge in [-0.05, 0) is 57.9 Å². The molecule has 0 saturated carbocycles. The number of aryl methyl sites for hydroxylation is 1. The summed E-state index contributed by atoms with van der Waals surface area (Å²) in [6, 6.07) is 4.37. The summed E-state index contributed by atoms with van der Waals surface area (Å²) in [6.07, 6.45) is 0.862. The van der Waals surface area contributed by atoms with Crippen molar-refractivity contribution in [3.63, 3.8) is 0 Å². The Bertz CT molecular complexity index is 457. The third-order valence-corrected chi connectivity index (χ3v) is 3.28. The summed E-state index contributed by atoms with van der Waals surface area (Å²) in [7, 11) is 0. The van der Waals surface area contributed by atoms with E-state index in [-0.39, 0.29) is 23.3 Å². The Morgan fingerprint density at radius 1 is 1.42 bits per heavy atom. The third-order valence-electron chi connectivity index (χ3n) is 3.28. The minimum Gasteiger partial charge on any atom is -0.374 e. The Hall–Kier alpha value is -1.58. The summed E-state index contributed by atoms with van der Waals surface area (Å²) in [5, 5.41) is 6.05. The number of carbonyl (C=O) groups is 1. The molecule has 0 aliphatic heterocycles. The predicted molar refractivity (Wildman–Crippen MR) is 76.7 cm³/mol. The van der Waals surface area contributed by atoms with Gasteiger partial charge in [-0.25, -0.2) is 4.39 Å². The van der Waals surface area contributed by atoms with Crippen molar-refractivity contribution in [2.24, 2.45) is 0 Å². The van der Waals surface area contributed by atoms with Crippen molar-refractivity contribution in [3.05, 3.63) is 29.6 Å². The Morgan fingerprint density at radius 3 is 2.58 bits per heavy atom. The highest BCUT2D eigenvalue weighted by Gasteiger charge is 2.21. The molecule has 0 aliphatic rings. The van der Waals surface area contributed by atoms with E-state index in [1.165, 1.54) is 6.07 Å². The molecule has 106 valence electrons. The van der Waals surface area contributed by atoms with E-state index >= 15 is 0 Å². The van der Waals surface area contributed by atoms with E-state index in [0.717, 1.165) is 12.1 Å². The number of hydrogen-bond acceptors (Lipinski definition) is 2. The van der Waals surface area contributed by atoms with E-state index in [0.29, 0.717) is 5.56 Å². The normalized spacial score (nSPS) is 12.9. The number of rotatable bonds is 5. The zero-order valence-electron chi connectivity index (χ0n) is 12.3. The molecule has 1 atom stereocenters. The maximum Gasteiger partial charge on any atom is 0.242 e. The van der Waals surface area contributed by atoms with Crippen LogP contribution in [0.25, 0.3) is 0 Å². The van der Waals surface area contributed by atoms with Crippen molar-refractivity contribution in [3.8, 4) is 0 Å². The SMILES string of the molecule is CCC(C)(C)NC(=O)C(C)Nc1ccc(F)c(C)c1. The number of nitrogens with one attached hydrogen (secondary N) is 2. The predicted octanol–water partition coefficient (Wildman–Crippen LogP) is 3.24. The first-order chi connectivity index (χ1) is 8.75. The average molecular weight is 266 g/mol. The number of halogens is 1. The van der Waals surface area contributed by atoms with E-state index in [1.54, 1.807) is 26.0 Å². The highest BCUT2D eigenvalue weighted by molar-refractivity contribution is 5.84. The highest BCUT2D eigenvalue weighted by Crippen LogP contribution is 2.15. The Labute approximate surface area is 114 Å². The van der Waals surface area contributed by atoms with Gasteiger partial charge < -0.3 is 10.6 Å².